The molecule has 3 rings (SSSR count). The summed E-state index contributed by atoms with van der Waals surface area (Å²) in [6, 6.07) is 16.5. The van der Waals surface area contributed by atoms with E-state index in [1.54, 1.807) is 42.8 Å². The summed E-state index contributed by atoms with van der Waals surface area (Å²) in [6.45, 7) is 0. The molecule has 1 aliphatic heterocycles. The minimum atomic E-state index is -3.66. The summed E-state index contributed by atoms with van der Waals surface area (Å²) >= 11 is 0. The van der Waals surface area contributed by atoms with E-state index >= 15 is 0 Å². The Kier molecular flexibility index (Phi) is 4.25. The average molecular weight is 325 g/mol. The van der Waals surface area contributed by atoms with E-state index < -0.39 is 10.0 Å². The summed E-state index contributed by atoms with van der Waals surface area (Å²) < 4.78 is 27.3. The van der Waals surface area contributed by atoms with E-state index in [1.807, 2.05) is 30.3 Å². The average Bonchev–Trinajstić information content (AvgIpc) is 2.84. The summed E-state index contributed by atoms with van der Waals surface area (Å²) in [4.78, 5) is 4.11. The van der Waals surface area contributed by atoms with Crippen LogP contribution in [0.1, 0.15) is 0 Å². The van der Waals surface area contributed by atoms with Crippen molar-refractivity contribution in [2.75, 3.05) is 0 Å². The Morgan fingerprint density at radius 1 is 0.913 bits per heavy atom. The second-order valence-electron chi connectivity index (χ2n) is 4.84. The predicted octanol–water partition coefficient (Wildman–Crippen LogP) is 2.62. The van der Waals surface area contributed by atoms with Crippen molar-refractivity contribution in [3.63, 3.8) is 0 Å². The Hall–Kier alpha value is -2.86. The third-order valence-electron chi connectivity index (χ3n) is 3.23. The van der Waals surface area contributed by atoms with Gasteiger partial charge in [-0.3, -0.25) is 9.71 Å². The van der Waals surface area contributed by atoms with E-state index in [2.05, 4.69) is 15.0 Å². The van der Waals surface area contributed by atoms with Crippen LogP contribution in [0.3, 0.4) is 0 Å². The van der Waals surface area contributed by atoms with Gasteiger partial charge in [0.1, 0.15) is 5.82 Å². The fourth-order valence-electron chi connectivity index (χ4n) is 2.10. The fraction of sp³-hybridized carbons (Fsp3) is 0. The topological polar surface area (TPSA) is 70.6 Å². The first-order valence-electron chi connectivity index (χ1n) is 6.98. The smallest absolute Gasteiger partial charge is 0.263 e. The second-order valence-corrected chi connectivity index (χ2v) is 6.52. The van der Waals surface area contributed by atoms with Crippen LogP contribution in [-0.4, -0.2) is 14.6 Å². The van der Waals surface area contributed by atoms with Crippen LogP contribution in [-0.2, 0) is 10.0 Å². The molecule has 1 aliphatic rings. The van der Waals surface area contributed by atoms with Crippen molar-refractivity contribution < 1.29 is 8.42 Å². The Labute approximate surface area is 135 Å². The van der Waals surface area contributed by atoms with Crippen LogP contribution in [0.15, 0.2) is 88.8 Å². The number of rotatable bonds is 4. The van der Waals surface area contributed by atoms with Crippen molar-refractivity contribution in [1.82, 2.24) is 10.0 Å². The predicted molar refractivity (Wildman–Crippen MR) is 91.1 cm³/mol. The summed E-state index contributed by atoms with van der Waals surface area (Å²) in [7, 11) is -3.66. The van der Waals surface area contributed by atoms with E-state index in [-0.39, 0.29) is 4.90 Å². The number of hydrogen-bond acceptors (Lipinski definition) is 4. The molecule has 0 aliphatic carbocycles. The third kappa shape index (κ3) is 3.67. The highest BCUT2D eigenvalue weighted by atomic mass is 32.2. The molecule has 0 radical (unpaired) electrons. The van der Waals surface area contributed by atoms with E-state index in [0.717, 1.165) is 11.1 Å². The van der Waals surface area contributed by atoms with E-state index in [9.17, 15) is 8.42 Å². The summed E-state index contributed by atoms with van der Waals surface area (Å²) in [5.41, 5.74) is 2.00. The SMILES string of the molecule is O=S(=O)(NC1=CN=CC=CN1)c1ccc(-c2ccccc2)cc1. The lowest BCUT2D eigenvalue weighted by atomic mass is 10.1. The van der Waals surface area contributed by atoms with Gasteiger partial charge >= 0.3 is 0 Å². The summed E-state index contributed by atoms with van der Waals surface area (Å²) in [5.74, 6) is 0.294. The van der Waals surface area contributed by atoms with Crippen LogP contribution in [0.4, 0.5) is 0 Å². The lowest BCUT2D eigenvalue weighted by Gasteiger charge is -2.11. The van der Waals surface area contributed by atoms with Crippen molar-refractivity contribution in [3.05, 3.63) is 78.9 Å². The Balaban J connectivity index is 1.82. The zero-order chi connectivity index (χ0) is 16.1. The van der Waals surface area contributed by atoms with Crippen molar-refractivity contribution in [2.45, 2.75) is 4.90 Å². The number of benzene rings is 2. The zero-order valence-corrected chi connectivity index (χ0v) is 13.0. The maximum absolute atomic E-state index is 12.4. The van der Waals surface area contributed by atoms with Gasteiger partial charge in [-0.2, -0.15) is 0 Å². The van der Waals surface area contributed by atoms with Crippen LogP contribution in [0.5, 0.6) is 0 Å². The molecule has 5 nitrogen and oxygen atoms in total. The molecule has 0 bridgehead atoms. The number of allylic oxidation sites excluding steroid dienone is 1. The van der Waals surface area contributed by atoms with Crippen LogP contribution in [0.2, 0.25) is 0 Å². The Bertz CT molecular complexity index is 868. The molecule has 23 heavy (non-hydrogen) atoms. The molecule has 6 heteroatoms. The van der Waals surface area contributed by atoms with Crippen LogP contribution >= 0.6 is 0 Å². The number of nitrogens with zero attached hydrogens (tertiary/aromatic N) is 1. The molecule has 0 amide bonds. The quantitative estimate of drug-likeness (QED) is 0.908. The first kappa shape index (κ1) is 15.1. The highest BCUT2D eigenvalue weighted by molar-refractivity contribution is 7.89. The number of hydrogen-bond donors (Lipinski definition) is 2. The molecule has 0 saturated carbocycles. The first-order chi connectivity index (χ1) is 11.1. The fourth-order valence-corrected chi connectivity index (χ4v) is 3.12. The van der Waals surface area contributed by atoms with Gasteiger partial charge in [-0.1, -0.05) is 42.5 Å². The molecule has 0 unspecified atom stereocenters. The third-order valence-corrected chi connectivity index (χ3v) is 4.61. The maximum Gasteiger partial charge on any atom is 0.263 e. The number of sulfonamides is 1. The molecule has 1 heterocycles. The minimum absolute atomic E-state index is 0.192. The monoisotopic (exact) mass is 325 g/mol. The molecular formula is C17H15N3O2S. The molecule has 0 saturated heterocycles. The summed E-state index contributed by atoms with van der Waals surface area (Å²) in [6.07, 6.45) is 6.24. The van der Waals surface area contributed by atoms with Crippen molar-refractivity contribution >= 4 is 16.2 Å². The lowest BCUT2D eigenvalue weighted by molar-refractivity contribution is 0.586. The molecule has 2 aromatic rings. The van der Waals surface area contributed by atoms with E-state index in [4.69, 9.17) is 0 Å². The van der Waals surface area contributed by atoms with Gasteiger partial charge in [0.15, 0.2) is 0 Å². The van der Waals surface area contributed by atoms with Gasteiger partial charge in [-0.05, 0) is 29.3 Å². The standard InChI is InChI=1S/C17H15N3O2S/c21-23(22,20-17-13-18-11-4-12-19-17)16-9-7-15(8-10-16)14-5-2-1-3-6-14/h1-13,19-20H. The molecule has 0 atom stereocenters. The Morgan fingerprint density at radius 3 is 2.35 bits per heavy atom. The van der Waals surface area contributed by atoms with Gasteiger partial charge in [0, 0.05) is 12.4 Å². The first-order valence-corrected chi connectivity index (χ1v) is 8.47. The van der Waals surface area contributed by atoms with Gasteiger partial charge in [-0.15, -0.1) is 0 Å². The Morgan fingerprint density at radius 2 is 1.61 bits per heavy atom. The second kappa shape index (κ2) is 6.50. The van der Waals surface area contributed by atoms with Crippen molar-refractivity contribution in [1.29, 1.82) is 0 Å². The van der Waals surface area contributed by atoms with Crippen LogP contribution in [0.25, 0.3) is 11.1 Å². The molecule has 0 fully saturated rings. The molecule has 2 N–H and O–H groups in total. The molecular weight excluding hydrogens is 310 g/mol. The van der Waals surface area contributed by atoms with Crippen molar-refractivity contribution in [3.8, 4) is 11.1 Å². The number of nitrogens with one attached hydrogen (secondary N) is 2. The van der Waals surface area contributed by atoms with Gasteiger partial charge in [-0.25, -0.2) is 8.42 Å². The molecule has 2 aromatic carbocycles. The normalized spacial score (nSPS) is 13.8. The molecule has 0 spiro atoms. The van der Waals surface area contributed by atoms with E-state index in [1.165, 1.54) is 6.20 Å². The maximum atomic E-state index is 12.4. The van der Waals surface area contributed by atoms with Crippen LogP contribution in [0, 0.1) is 0 Å². The highest BCUT2D eigenvalue weighted by Crippen LogP contribution is 2.21. The van der Waals surface area contributed by atoms with Gasteiger partial charge < -0.3 is 5.32 Å². The van der Waals surface area contributed by atoms with Gasteiger partial charge in [0.05, 0.1) is 11.1 Å². The lowest BCUT2D eigenvalue weighted by Crippen LogP contribution is -2.29. The highest BCUT2D eigenvalue weighted by Gasteiger charge is 2.15. The molecule has 116 valence electrons. The van der Waals surface area contributed by atoms with Gasteiger partial charge in [0.25, 0.3) is 10.0 Å². The zero-order valence-electron chi connectivity index (χ0n) is 12.2. The van der Waals surface area contributed by atoms with Gasteiger partial charge in [0.2, 0.25) is 0 Å². The largest absolute Gasteiger partial charge is 0.346 e. The van der Waals surface area contributed by atoms with Crippen molar-refractivity contribution in [2.24, 2.45) is 4.99 Å². The molecule has 0 aromatic heterocycles. The van der Waals surface area contributed by atoms with Crippen LogP contribution < -0.4 is 10.0 Å². The van der Waals surface area contributed by atoms with E-state index in [0.29, 0.717) is 5.82 Å². The number of aliphatic imine (C=N–C) groups is 1. The summed E-state index contributed by atoms with van der Waals surface area (Å²) in [5, 5.41) is 2.81. The minimum Gasteiger partial charge on any atom is -0.346 e.